The van der Waals surface area contributed by atoms with Crippen molar-refractivity contribution in [2.45, 2.75) is 26.4 Å². The van der Waals surface area contributed by atoms with Crippen molar-refractivity contribution in [1.82, 2.24) is 14.9 Å². The molecule has 3 rings (SSSR count). The summed E-state index contributed by atoms with van der Waals surface area (Å²) in [4.78, 5) is 21.7. The molecule has 1 aliphatic rings. The molecule has 106 valence electrons. The third kappa shape index (κ3) is 2.08. The van der Waals surface area contributed by atoms with E-state index in [-0.39, 0.29) is 11.8 Å². The smallest absolute Gasteiger partial charge is 0.254 e. The molecule has 5 heteroatoms. The van der Waals surface area contributed by atoms with E-state index in [1.807, 2.05) is 26.0 Å². The first kappa shape index (κ1) is 13.1. The van der Waals surface area contributed by atoms with Gasteiger partial charge in [-0.25, -0.2) is 4.98 Å². The summed E-state index contributed by atoms with van der Waals surface area (Å²) < 4.78 is 0. The SMILES string of the molecule is Cc1nc2ccc(C(=O)N3CC(C)C(C)(O)C3)cc2[nH]1. The number of nitrogens with zero attached hydrogens (tertiary/aromatic N) is 2. The van der Waals surface area contributed by atoms with E-state index < -0.39 is 5.60 Å². The van der Waals surface area contributed by atoms with Gasteiger partial charge in [-0.2, -0.15) is 0 Å². The summed E-state index contributed by atoms with van der Waals surface area (Å²) in [6.45, 7) is 6.61. The van der Waals surface area contributed by atoms with Crippen molar-refractivity contribution in [1.29, 1.82) is 0 Å². The lowest BCUT2D eigenvalue weighted by molar-refractivity contribution is 0.0351. The monoisotopic (exact) mass is 273 g/mol. The number of hydrogen-bond donors (Lipinski definition) is 2. The first-order chi connectivity index (χ1) is 9.37. The molecule has 0 radical (unpaired) electrons. The van der Waals surface area contributed by atoms with Crippen LogP contribution < -0.4 is 0 Å². The Kier molecular flexibility index (Phi) is 2.83. The summed E-state index contributed by atoms with van der Waals surface area (Å²) >= 11 is 0. The van der Waals surface area contributed by atoms with E-state index >= 15 is 0 Å². The highest BCUT2D eigenvalue weighted by Gasteiger charge is 2.40. The fraction of sp³-hybridized carbons (Fsp3) is 0.467. The summed E-state index contributed by atoms with van der Waals surface area (Å²) in [5.41, 5.74) is 1.56. The second kappa shape index (κ2) is 4.31. The lowest BCUT2D eigenvalue weighted by Gasteiger charge is -2.20. The summed E-state index contributed by atoms with van der Waals surface area (Å²) in [7, 11) is 0. The lowest BCUT2D eigenvalue weighted by Crippen LogP contribution is -2.35. The Hall–Kier alpha value is -1.88. The molecule has 0 bridgehead atoms. The van der Waals surface area contributed by atoms with E-state index in [4.69, 9.17) is 0 Å². The Balaban J connectivity index is 1.89. The van der Waals surface area contributed by atoms with Crippen LogP contribution >= 0.6 is 0 Å². The van der Waals surface area contributed by atoms with Gasteiger partial charge in [0.25, 0.3) is 5.91 Å². The summed E-state index contributed by atoms with van der Waals surface area (Å²) in [5, 5.41) is 10.2. The number of likely N-dealkylation sites (tertiary alicyclic amines) is 1. The number of nitrogens with one attached hydrogen (secondary N) is 1. The van der Waals surface area contributed by atoms with Crippen LogP contribution in [-0.2, 0) is 0 Å². The molecule has 5 nitrogen and oxygen atoms in total. The minimum atomic E-state index is -0.801. The molecule has 1 aromatic heterocycles. The number of imidazole rings is 1. The van der Waals surface area contributed by atoms with Gasteiger partial charge in [0, 0.05) is 24.6 Å². The van der Waals surface area contributed by atoms with Crippen LogP contribution in [0.5, 0.6) is 0 Å². The van der Waals surface area contributed by atoms with Gasteiger partial charge in [-0.3, -0.25) is 4.79 Å². The van der Waals surface area contributed by atoms with Crippen molar-refractivity contribution in [3.8, 4) is 0 Å². The van der Waals surface area contributed by atoms with Gasteiger partial charge >= 0.3 is 0 Å². The van der Waals surface area contributed by atoms with Crippen LogP contribution in [0.2, 0.25) is 0 Å². The second-order valence-electron chi connectivity index (χ2n) is 6.00. The summed E-state index contributed by atoms with van der Waals surface area (Å²) in [5.74, 6) is 0.885. The number of carbonyl (C=O) groups is 1. The van der Waals surface area contributed by atoms with E-state index in [0.29, 0.717) is 18.7 Å². The minimum Gasteiger partial charge on any atom is -0.388 e. The number of rotatable bonds is 1. The number of H-pyrrole nitrogens is 1. The largest absolute Gasteiger partial charge is 0.388 e. The van der Waals surface area contributed by atoms with Crippen molar-refractivity contribution in [3.63, 3.8) is 0 Å². The summed E-state index contributed by atoms with van der Waals surface area (Å²) in [6.07, 6.45) is 0. The van der Waals surface area contributed by atoms with Crippen LogP contribution in [-0.4, -0.2) is 44.6 Å². The molecule has 0 saturated carbocycles. The van der Waals surface area contributed by atoms with Gasteiger partial charge in [0.05, 0.1) is 16.6 Å². The Labute approximate surface area is 117 Å². The molecule has 1 fully saturated rings. The average Bonchev–Trinajstić information content (AvgIpc) is 2.87. The average molecular weight is 273 g/mol. The van der Waals surface area contributed by atoms with Gasteiger partial charge in [0.15, 0.2) is 0 Å². The molecule has 2 N–H and O–H groups in total. The van der Waals surface area contributed by atoms with Crippen LogP contribution in [0, 0.1) is 12.8 Å². The third-order valence-corrected chi connectivity index (χ3v) is 4.20. The Morgan fingerprint density at radius 1 is 1.55 bits per heavy atom. The quantitative estimate of drug-likeness (QED) is 0.831. The van der Waals surface area contributed by atoms with Crippen LogP contribution in [0.15, 0.2) is 18.2 Å². The molecular weight excluding hydrogens is 254 g/mol. The van der Waals surface area contributed by atoms with E-state index in [2.05, 4.69) is 9.97 Å². The third-order valence-electron chi connectivity index (χ3n) is 4.20. The van der Waals surface area contributed by atoms with Crippen LogP contribution in [0.1, 0.15) is 30.0 Å². The highest BCUT2D eigenvalue weighted by atomic mass is 16.3. The highest BCUT2D eigenvalue weighted by molar-refractivity contribution is 5.97. The van der Waals surface area contributed by atoms with Gasteiger partial charge in [0.2, 0.25) is 0 Å². The number of amides is 1. The molecule has 2 aromatic rings. The van der Waals surface area contributed by atoms with E-state index in [9.17, 15) is 9.90 Å². The molecule has 0 aliphatic carbocycles. The molecule has 2 heterocycles. The number of β-amino-alcohol motifs (C(OH)–C–C–N with tert-alkyl or cyclic N) is 1. The number of benzene rings is 1. The molecule has 1 amide bonds. The van der Waals surface area contributed by atoms with Gasteiger partial charge in [-0.05, 0) is 32.0 Å². The molecule has 0 spiro atoms. The number of aryl methyl sites for hydroxylation is 1. The van der Waals surface area contributed by atoms with E-state index in [1.165, 1.54) is 0 Å². The molecule has 1 saturated heterocycles. The van der Waals surface area contributed by atoms with Crippen molar-refractivity contribution in [2.24, 2.45) is 5.92 Å². The zero-order chi connectivity index (χ0) is 14.5. The predicted octanol–water partition coefficient (Wildman–Crippen LogP) is 1.71. The number of aliphatic hydroxyl groups is 1. The summed E-state index contributed by atoms with van der Waals surface area (Å²) in [6, 6.07) is 5.47. The maximum absolute atomic E-state index is 12.5. The van der Waals surface area contributed by atoms with Gasteiger partial charge in [0.1, 0.15) is 5.82 Å². The number of carbonyl (C=O) groups excluding carboxylic acids is 1. The van der Waals surface area contributed by atoms with E-state index in [0.717, 1.165) is 16.9 Å². The minimum absolute atomic E-state index is 0.0382. The number of aromatic nitrogens is 2. The number of fused-ring (bicyclic) bond motifs is 1. The fourth-order valence-corrected chi connectivity index (χ4v) is 2.74. The maximum Gasteiger partial charge on any atom is 0.254 e. The van der Waals surface area contributed by atoms with Crippen LogP contribution in [0.25, 0.3) is 11.0 Å². The molecule has 1 aromatic carbocycles. The molecular formula is C15H19N3O2. The van der Waals surface area contributed by atoms with Gasteiger partial charge in [-0.15, -0.1) is 0 Å². The van der Waals surface area contributed by atoms with Gasteiger partial charge in [-0.1, -0.05) is 6.92 Å². The second-order valence-corrected chi connectivity index (χ2v) is 6.00. The lowest BCUT2D eigenvalue weighted by atomic mass is 9.95. The Morgan fingerprint density at radius 3 is 2.95 bits per heavy atom. The van der Waals surface area contributed by atoms with E-state index in [1.54, 1.807) is 17.9 Å². The molecule has 2 unspecified atom stereocenters. The van der Waals surface area contributed by atoms with Crippen molar-refractivity contribution in [2.75, 3.05) is 13.1 Å². The zero-order valence-electron chi connectivity index (χ0n) is 12.0. The molecule has 2 atom stereocenters. The standard InChI is InChI=1S/C15H19N3O2/c1-9-7-18(8-15(9,3)20)14(19)11-4-5-12-13(6-11)17-10(2)16-12/h4-6,9,20H,7-8H2,1-3H3,(H,16,17). The molecule has 1 aliphatic heterocycles. The van der Waals surface area contributed by atoms with Crippen LogP contribution in [0.4, 0.5) is 0 Å². The fourth-order valence-electron chi connectivity index (χ4n) is 2.74. The van der Waals surface area contributed by atoms with Crippen molar-refractivity contribution >= 4 is 16.9 Å². The normalized spacial score (nSPS) is 26.4. The van der Waals surface area contributed by atoms with Crippen molar-refractivity contribution in [3.05, 3.63) is 29.6 Å². The topological polar surface area (TPSA) is 69.2 Å². The Morgan fingerprint density at radius 2 is 2.30 bits per heavy atom. The highest BCUT2D eigenvalue weighted by Crippen LogP contribution is 2.28. The predicted molar refractivity (Wildman–Crippen MR) is 76.5 cm³/mol. The number of aromatic amines is 1. The van der Waals surface area contributed by atoms with Crippen molar-refractivity contribution < 1.29 is 9.90 Å². The van der Waals surface area contributed by atoms with Gasteiger partial charge < -0.3 is 15.0 Å². The molecule has 20 heavy (non-hydrogen) atoms. The zero-order valence-corrected chi connectivity index (χ0v) is 12.0. The van der Waals surface area contributed by atoms with Crippen LogP contribution in [0.3, 0.4) is 0 Å². The Bertz CT molecular complexity index is 675. The first-order valence-electron chi connectivity index (χ1n) is 6.85. The first-order valence-corrected chi connectivity index (χ1v) is 6.85. The maximum atomic E-state index is 12.5. The number of hydrogen-bond acceptors (Lipinski definition) is 3.